The molecule has 0 unspecified atom stereocenters. The number of benzene rings is 1. The van der Waals surface area contributed by atoms with E-state index in [2.05, 4.69) is 22.4 Å². The highest BCUT2D eigenvalue weighted by Crippen LogP contribution is 2.21. The Balaban J connectivity index is 2.24. The summed E-state index contributed by atoms with van der Waals surface area (Å²) in [6, 6.07) is 9.68. The molecule has 20 heavy (non-hydrogen) atoms. The third-order valence-electron chi connectivity index (χ3n) is 2.87. The number of nitrogens with zero attached hydrogens (tertiary/aromatic N) is 3. The lowest BCUT2D eigenvalue weighted by molar-refractivity contribution is 0.0985. The number of hydrogen-bond acceptors (Lipinski definition) is 5. The highest BCUT2D eigenvalue weighted by atomic mass is 32.1. The maximum Gasteiger partial charge on any atom is 0.289 e. The van der Waals surface area contributed by atoms with Gasteiger partial charge in [0.1, 0.15) is 0 Å². The van der Waals surface area contributed by atoms with Gasteiger partial charge in [-0.15, -0.1) is 10.2 Å². The van der Waals surface area contributed by atoms with Crippen LogP contribution in [0.5, 0.6) is 0 Å². The quantitative estimate of drug-likeness (QED) is 0.888. The smallest absolute Gasteiger partial charge is 0.289 e. The van der Waals surface area contributed by atoms with Crippen LogP contribution in [0.1, 0.15) is 29.6 Å². The lowest BCUT2D eigenvalue weighted by atomic mass is 10.2. The van der Waals surface area contributed by atoms with Gasteiger partial charge in [-0.25, -0.2) is 0 Å². The van der Waals surface area contributed by atoms with Crippen LogP contribution < -0.4 is 10.2 Å². The zero-order chi connectivity index (χ0) is 14.4. The Labute approximate surface area is 122 Å². The average molecular weight is 290 g/mol. The van der Waals surface area contributed by atoms with E-state index in [0.717, 1.165) is 18.5 Å². The van der Waals surface area contributed by atoms with E-state index in [4.69, 9.17) is 0 Å². The molecule has 0 saturated carbocycles. The van der Waals surface area contributed by atoms with E-state index in [1.165, 1.54) is 11.3 Å². The predicted octanol–water partition coefficient (Wildman–Crippen LogP) is 3.03. The molecular weight excluding hydrogens is 272 g/mol. The van der Waals surface area contributed by atoms with Crippen LogP contribution in [0.2, 0.25) is 0 Å². The Morgan fingerprint density at radius 1 is 1.30 bits per heavy atom. The van der Waals surface area contributed by atoms with E-state index in [1.807, 2.05) is 30.3 Å². The molecule has 2 aromatic rings. The van der Waals surface area contributed by atoms with Crippen LogP contribution in [0.15, 0.2) is 30.3 Å². The molecule has 0 radical (unpaired) electrons. The van der Waals surface area contributed by atoms with Gasteiger partial charge in [-0.05, 0) is 18.6 Å². The molecular formula is C14H18N4OS. The maximum atomic E-state index is 12.6. The Morgan fingerprint density at radius 2 is 2.05 bits per heavy atom. The Bertz CT molecular complexity index is 555. The van der Waals surface area contributed by atoms with Crippen molar-refractivity contribution < 1.29 is 4.79 Å². The molecule has 1 heterocycles. The number of anilines is 2. The van der Waals surface area contributed by atoms with E-state index >= 15 is 0 Å². The number of amides is 1. The fourth-order valence-electron chi connectivity index (χ4n) is 1.80. The van der Waals surface area contributed by atoms with E-state index in [0.29, 0.717) is 16.7 Å². The molecule has 1 aromatic carbocycles. The molecule has 2 rings (SSSR count). The normalized spacial score (nSPS) is 10.3. The topological polar surface area (TPSA) is 58.1 Å². The first kappa shape index (κ1) is 14.5. The summed E-state index contributed by atoms with van der Waals surface area (Å²) in [6.07, 6.45) is 1.99. The standard InChI is InChI=1S/C14H18N4OS/c1-3-4-10-18(11-8-6-5-7-9-11)13(19)12-16-17-14(15-2)20-12/h5-9H,3-4,10H2,1-2H3,(H,15,17). The zero-order valence-electron chi connectivity index (χ0n) is 11.7. The van der Waals surface area contributed by atoms with Gasteiger partial charge in [-0.3, -0.25) is 4.79 Å². The van der Waals surface area contributed by atoms with Crippen molar-refractivity contribution in [1.82, 2.24) is 10.2 Å². The second-order valence-corrected chi connectivity index (χ2v) is 5.29. The molecule has 1 aromatic heterocycles. The summed E-state index contributed by atoms with van der Waals surface area (Å²) in [4.78, 5) is 14.4. The first-order chi connectivity index (χ1) is 9.76. The van der Waals surface area contributed by atoms with Crippen LogP contribution in [0.25, 0.3) is 0 Å². The highest BCUT2D eigenvalue weighted by molar-refractivity contribution is 7.17. The molecule has 1 N–H and O–H groups in total. The molecule has 0 bridgehead atoms. The third-order valence-corrected chi connectivity index (χ3v) is 3.80. The van der Waals surface area contributed by atoms with Gasteiger partial charge in [-0.1, -0.05) is 42.9 Å². The van der Waals surface area contributed by atoms with Gasteiger partial charge >= 0.3 is 0 Å². The minimum atomic E-state index is -0.0938. The Hall–Kier alpha value is -1.95. The summed E-state index contributed by atoms with van der Waals surface area (Å²) in [5, 5.41) is 11.8. The molecule has 0 aliphatic rings. The van der Waals surface area contributed by atoms with Crippen LogP contribution in [0, 0.1) is 0 Å². The number of carbonyl (C=O) groups excluding carboxylic acids is 1. The van der Waals surface area contributed by atoms with E-state index in [1.54, 1.807) is 11.9 Å². The second-order valence-electron chi connectivity index (χ2n) is 4.31. The van der Waals surface area contributed by atoms with Crippen molar-refractivity contribution in [1.29, 1.82) is 0 Å². The van der Waals surface area contributed by atoms with Gasteiger partial charge in [0.2, 0.25) is 10.1 Å². The summed E-state index contributed by atoms with van der Waals surface area (Å²) in [6.45, 7) is 2.80. The molecule has 0 aliphatic heterocycles. The lowest BCUT2D eigenvalue weighted by Crippen LogP contribution is -2.31. The summed E-state index contributed by atoms with van der Waals surface area (Å²) >= 11 is 1.27. The molecule has 1 amide bonds. The highest BCUT2D eigenvalue weighted by Gasteiger charge is 2.21. The largest absolute Gasteiger partial charge is 0.363 e. The summed E-state index contributed by atoms with van der Waals surface area (Å²) < 4.78 is 0. The predicted molar refractivity (Wildman–Crippen MR) is 82.5 cm³/mol. The Morgan fingerprint density at radius 3 is 2.65 bits per heavy atom. The molecule has 0 atom stereocenters. The van der Waals surface area contributed by atoms with Gasteiger partial charge in [0.25, 0.3) is 5.91 Å². The molecule has 5 nitrogen and oxygen atoms in total. The fourth-order valence-corrected chi connectivity index (χ4v) is 2.44. The fraction of sp³-hybridized carbons (Fsp3) is 0.357. The van der Waals surface area contributed by atoms with Crippen LogP contribution in [-0.4, -0.2) is 29.7 Å². The van der Waals surface area contributed by atoms with Gasteiger partial charge < -0.3 is 10.2 Å². The van der Waals surface area contributed by atoms with Crippen molar-refractivity contribution >= 4 is 28.1 Å². The number of para-hydroxylation sites is 1. The van der Waals surface area contributed by atoms with Crippen molar-refractivity contribution in [3.05, 3.63) is 35.3 Å². The number of aromatic nitrogens is 2. The lowest BCUT2D eigenvalue weighted by Gasteiger charge is -2.21. The number of hydrogen-bond donors (Lipinski definition) is 1. The van der Waals surface area contributed by atoms with Gasteiger partial charge in [-0.2, -0.15) is 0 Å². The molecule has 0 spiro atoms. The van der Waals surface area contributed by atoms with Gasteiger partial charge in [0.05, 0.1) is 0 Å². The third kappa shape index (κ3) is 3.33. The number of carbonyl (C=O) groups is 1. The minimum Gasteiger partial charge on any atom is -0.363 e. The maximum absolute atomic E-state index is 12.6. The zero-order valence-corrected chi connectivity index (χ0v) is 12.5. The van der Waals surface area contributed by atoms with Crippen molar-refractivity contribution in [3.8, 4) is 0 Å². The molecule has 0 saturated heterocycles. The summed E-state index contributed by atoms with van der Waals surface area (Å²) in [7, 11) is 1.76. The Kier molecular flexibility index (Phi) is 5.06. The summed E-state index contributed by atoms with van der Waals surface area (Å²) in [5.74, 6) is -0.0938. The van der Waals surface area contributed by atoms with E-state index in [9.17, 15) is 4.79 Å². The van der Waals surface area contributed by atoms with Crippen LogP contribution in [-0.2, 0) is 0 Å². The molecule has 106 valence electrons. The second kappa shape index (κ2) is 7.00. The first-order valence-electron chi connectivity index (χ1n) is 6.64. The first-order valence-corrected chi connectivity index (χ1v) is 7.46. The van der Waals surface area contributed by atoms with Crippen LogP contribution >= 0.6 is 11.3 Å². The molecule has 0 fully saturated rings. The van der Waals surface area contributed by atoms with Crippen molar-refractivity contribution in [2.45, 2.75) is 19.8 Å². The number of nitrogens with one attached hydrogen (secondary N) is 1. The molecule has 6 heteroatoms. The van der Waals surface area contributed by atoms with E-state index in [-0.39, 0.29) is 5.91 Å². The van der Waals surface area contributed by atoms with Crippen molar-refractivity contribution in [2.24, 2.45) is 0 Å². The van der Waals surface area contributed by atoms with Crippen LogP contribution in [0.3, 0.4) is 0 Å². The van der Waals surface area contributed by atoms with E-state index < -0.39 is 0 Å². The number of unbranched alkanes of at least 4 members (excludes halogenated alkanes) is 1. The monoisotopic (exact) mass is 290 g/mol. The van der Waals surface area contributed by atoms with Gasteiger partial charge in [0.15, 0.2) is 0 Å². The van der Waals surface area contributed by atoms with Gasteiger partial charge in [0, 0.05) is 19.3 Å². The SMILES string of the molecule is CCCCN(C(=O)c1nnc(NC)s1)c1ccccc1. The van der Waals surface area contributed by atoms with Crippen molar-refractivity contribution in [2.75, 3.05) is 23.8 Å². The average Bonchev–Trinajstić information content (AvgIpc) is 2.97. The minimum absolute atomic E-state index is 0.0938. The van der Waals surface area contributed by atoms with Crippen molar-refractivity contribution in [3.63, 3.8) is 0 Å². The molecule has 0 aliphatic carbocycles. The number of rotatable bonds is 6. The van der Waals surface area contributed by atoms with Crippen LogP contribution in [0.4, 0.5) is 10.8 Å². The summed E-state index contributed by atoms with van der Waals surface area (Å²) in [5.41, 5.74) is 0.896.